The summed E-state index contributed by atoms with van der Waals surface area (Å²) in [4.78, 5) is 11.9. The van der Waals surface area contributed by atoms with E-state index in [1.54, 1.807) is 7.11 Å². The molecule has 0 radical (unpaired) electrons. The number of carbonyl (C=O) groups is 1. The minimum atomic E-state index is 0.179. The number of carbonyl (C=O) groups excluding carboxylic acids is 1. The minimum Gasteiger partial charge on any atom is -0.496 e. The van der Waals surface area contributed by atoms with Crippen molar-refractivity contribution in [2.45, 2.75) is 33.1 Å². The van der Waals surface area contributed by atoms with Crippen molar-refractivity contribution in [1.82, 2.24) is 0 Å². The highest BCUT2D eigenvalue weighted by Crippen LogP contribution is 2.20. The number of ketones is 1. The van der Waals surface area contributed by atoms with Gasteiger partial charge in [0.1, 0.15) is 5.75 Å². The molecule has 0 aliphatic heterocycles. The van der Waals surface area contributed by atoms with Crippen molar-refractivity contribution in [1.29, 1.82) is 0 Å². The highest BCUT2D eigenvalue weighted by Gasteiger charge is 2.10. The fourth-order valence-electron chi connectivity index (χ4n) is 1.68. The Balaban J connectivity index is 2.59. The molecule has 0 aliphatic rings. The van der Waals surface area contributed by atoms with E-state index in [2.05, 4.69) is 13.8 Å². The molecule has 0 saturated carbocycles. The molecular formula is C14H20O2. The Morgan fingerprint density at radius 2 is 2.00 bits per heavy atom. The maximum Gasteiger partial charge on any atom is 0.166 e. The third kappa shape index (κ3) is 3.69. The third-order valence-electron chi connectivity index (χ3n) is 2.59. The highest BCUT2D eigenvalue weighted by molar-refractivity contribution is 5.98. The summed E-state index contributed by atoms with van der Waals surface area (Å²) in [7, 11) is 1.60. The maximum absolute atomic E-state index is 11.9. The largest absolute Gasteiger partial charge is 0.496 e. The van der Waals surface area contributed by atoms with E-state index < -0.39 is 0 Å². The Kier molecular flexibility index (Phi) is 5.03. The SMILES string of the molecule is COc1ccccc1C(=O)CCCC(C)C. The number of benzene rings is 1. The van der Waals surface area contributed by atoms with Crippen molar-refractivity contribution in [3.63, 3.8) is 0 Å². The van der Waals surface area contributed by atoms with Gasteiger partial charge in [0.2, 0.25) is 0 Å². The van der Waals surface area contributed by atoms with Crippen LogP contribution in [0.4, 0.5) is 0 Å². The number of ether oxygens (including phenoxy) is 1. The lowest BCUT2D eigenvalue weighted by atomic mass is 10.0. The van der Waals surface area contributed by atoms with Crippen LogP contribution >= 0.6 is 0 Å². The van der Waals surface area contributed by atoms with Crippen molar-refractivity contribution in [3.8, 4) is 5.75 Å². The first kappa shape index (κ1) is 12.8. The van der Waals surface area contributed by atoms with E-state index in [0.717, 1.165) is 12.8 Å². The molecule has 2 nitrogen and oxygen atoms in total. The zero-order chi connectivity index (χ0) is 12.0. The molecule has 1 rings (SSSR count). The van der Waals surface area contributed by atoms with Crippen LogP contribution in [0, 0.1) is 5.92 Å². The van der Waals surface area contributed by atoms with Crippen molar-refractivity contribution < 1.29 is 9.53 Å². The summed E-state index contributed by atoms with van der Waals surface area (Å²) < 4.78 is 5.17. The van der Waals surface area contributed by atoms with Crippen molar-refractivity contribution in [3.05, 3.63) is 29.8 Å². The summed E-state index contributed by atoms with van der Waals surface area (Å²) in [6, 6.07) is 7.41. The molecule has 1 aromatic rings. The second-order valence-corrected chi connectivity index (χ2v) is 4.41. The van der Waals surface area contributed by atoms with Crippen molar-refractivity contribution in [2.75, 3.05) is 7.11 Å². The highest BCUT2D eigenvalue weighted by atomic mass is 16.5. The molecule has 0 unspecified atom stereocenters. The Labute approximate surface area is 97.6 Å². The summed E-state index contributed by atoms with van der Waals surface area (Å²) in [5.74, 6) is 1.51. The van der Waals surface area contributed by atoms with Gasteiger partial charge < -0.3 is 4.74 Å². The van der Waals surface area contributed by atoms with Crippen LogP contribution < -0.4 is 4.74 Å². The van der Waals surface area contributed by atoms with Crippen molar-refractivity contribution >= 4 is 5.78 Å². The first-order valence-corrected chi connectivity index (χ1v) is 5.81. The second-order valence-electron chi connectivity index (χ2n) is 4.41. The topological polar surface area (TPSA) is 26.3 Å². The first-order valence-electron chi connectivity index (χ1n) is 5.81. The molecule has 88 valence electrons. The Hall–Kier alpha value is -1.31. The molecule has 0 spiro atoms. The van der Waals surface area contributed by atoms with Crippen LogP contribution in [0.25, 0.3) is 0 Å². The van der Waals surface area contributed by atoms with Gasteiger partial charge in [-0.05, 0) is 24.5 Å². The Morgan fingerprint density at radius 3 is 2.62 bits per heavy atom. The number of hydrogen-bond acceptors (Lipinski definition) is 2. The number of Topliss-reactive ketones (excluding diaryl/α,β-unsaturated/α-hetero) is 1. The van der Waals surface area contributed by atoms with Crippen LogP contribution in [0.2, 0.25) is 0 Å². The zero-order valence-electron chi connectivity index (χ0n) is 10.3. The van der Waals surface area contributed by atoms with Gasteiger partial charge in [-0.2, -0.15) is 0 Å². The van der Waals surface area contributed by atoms with E-state index in [9.17, 15) is 4.79 Å². The van der Waals surface area contributed by atoms with Gasteiger partial charge in [-0.1, -0.05) is 32.4 Å². The monoisotopic (exact) mass is 220 g/mol. The normalized spacial score (nSPS) is 10.5. The lowest BCUT2D eigenvalue weighted by molar-refractivity contribution is 0.0975. The van der Waals surface area contributed by atoms with E-state index >= 15 is 0 Å². The van der Waals surface area contributed by atoms with E-state index in [4.69, 9.17) is 4.74 Å². The number of rotatable bonds is 6. The Morgan fingerprint density at radius 1 is 1.31 bits per heavy atom. The van der Waals surface area contributed by atoms with E-state index in [1.807, 2.05) is 24.3 Å². The van der Waals surface area contributed by atoms with E-state index in [-0.39, 0.29) is 5.78 Å². The van der Waals surface area contributed by atoms with Gasteiger partial charge in [-0.3, -0.25) is 4.79 Å². The predicted octanol–water partition coefficient (Wildman–Crippen LogP) is 3.70. The number of para-hydroxylation sites is 1. The summed E-state index contributed by atoms with van der Waals surface area (Å²) >= 11 is 0. The molecule has 0 aromatic heterocycles. The van der Waals surface area contributed by atoms with Gasteiger partial charge in [0.25, 0.3) is 0 Å². The summed E-state index contributed by atoms with van der Waals surface area (Å²) in [5, 5.41) is 0. The van der Waals surface area contributed by atoms with Gasteiger partial charge >= 0.3 is 0 Å². The molecule has 0 amide bonds. The Bertz CT molecular complexity index is 342. The number of hydrogen-bond donors (Lipinski definition) is 0. The molecule has 0 fully saturated rings. The third-order valence-corrected chi connectivity index (χ3v) is 2.59. The fraction of sp³-hybridized carbons (Fsp3) is 0.500. The second kappa shape index (κ2) is 6.31. The van der Waals surface area contributed by atoms with Gasteiger partial charge in [0.05, 0.1) is 12.7 Å². The van der Waals surface area contributed by atoms with Crippen LogP contribution in [0.15, 0.2) is 24.3 Å². The molecule has 0 N–H and O–H groups in total. The van der Waals surface area contributed by atoms with Crippen LogP contribution in [0.5, 0.6) is 5.75 Å². The summed E-state index contributed by atoms with van der Waals surface area (Å²) in [5.41, 5.74) is 0.703. The molecule has 0 saturated heterocycles. The molecule has 2 heteroatoms. The smallest absolute Gasteiger partial charge is 0.166 e. The van der Waals surface area contributed by atoms with Gasteiger partial charge in [-0.15, -0.1) is 0 Å². The quantitative estimate of drug-likeness (QED) is 0.683. The molecule has 1 aromatic carbocycles. The van der Waals surface area contributed by atoms with Crippen LogP contribution in [-0.2, 0) is 0 Å². The summed E-state index contributed by atoms with van der Waals surface area (Å²) in [6.45, 7) is 4.35. The lowest BCUT2D eigenvalue weighted by Gasteiger charge is -2.07. The van der Waals surface area contributed by atoms with Crippen LogP contribution in [-0.4, -0.2) is 12.9 Å². The zero-order valence-corrected chi connectivity index (χ0v) is 10.3. The predicted molar refractivity (Wildman–Crippen MR) is 66.0 cm³/mol. The van der Waals surface area contributed by atoms with Crippen LogP contribution in [0.3, 0.4) is 0 Å². The first-order chi connectivity index (χ1) is 7.65. The average Bonchev–Trinajstić information content (AvgIpc) is 2.28. The van der Waals surface area contributed by atoms with Gasteiger partial charge in [0.15, 0.2) is 5.78 Å². The molecule has 0 heterocycles. The standard InChI is InChI=1S/C14H20O2/c1-11(2)7-6-9-13(15)12-8-4-5-10-14(12)16-3/h4-5,8,10-11H,6-7,9H2,1-3H3. The van der Waals surface area contributed by atoms with Crippen molar-refractivity contribution in [2.24, 2.45) is 5.92 Å². The molecule has 0 bridgehead atoms. The maximum atomic E-state index is 11.9. The summed E-state index contributed by atoms with van der Waals surface area (Å²) in [6.07, 6.45) is 2.66. The molecular weight excluding hydrogens is 200 g/mol. The van der Waals surface area contributed by atoms with Crippen LogP contribution in [0.1, 0.15) is 43.5 Å². The molecule has 0 aliphatic carbocycles. The van der Waals surface area contributed by atoms with Gasteiger partial charge in [-0.25, -0.2) is 0 Å². The van der Waals surface area contributed by atoms with E-state index in [1.165, 1.54) is 0 Å². The van der Waals surface area contributed by atoms with Gasteiger partial charge in [0, 0.05) is 6.42 Å². The number of methoxy groups -OCH3 is 1. The average molecular weight is 220 g/mol. The molecule has 16 heavy (non-hydrogen) atoms. The van der Waals surface area contributed by atoms with E-state index in [0.29, 0.717) is 23.7 Å². The molecule has 0 atom stereocenters. The fourth-order valence-corrected chi connectivity index (χ4v) is 1.68. The minimum absolute atomic E-state index is 0.179. The lowest BCUT2D eigenvalue weighted by Crippen LogP contribution is -2.02.